The number of carbonyl (C=O) groups is 1. The topological polar surface area (TPSA) is 111 Å². The van der Waals surface area contributed by atoms with Crippen molar-refractivity contribution in [2.45, 2.75) is 17.4 Å². The number of aryl methyl sites for hydroxylation is 1. The molecule has 1 aliphatic rings. The summed E-state index contributed by atoms with van der Waals surface area (Å²) in [6, 6.07) is 20.6. The Morgan fingerprint density at radius 2 is 1.80 bits per heavy atom. The van der Waals surface area contributed by atoms with E-state index in [2.05, 4.69) is 5.32 Å². The summed E-state index contributed by atoms with van der Waals surface area (Å²) in [6.07, 6.45) is -0.394. The molecule has 1 aliphatic heterocycles. The van der Waals surface area contributed by atoms with Gasteiger partial charge in [0.1, 0.15) is 5.75 Å². The molecule has 0 radical (unpaired) electrons. The number of hydrogen-bond donors (Lipinski definition) is 1. The van der Waals surface area contributed by atoms with Gasteiger partial charge in [-0.3, -0.25) is 13.7 Å². The van der Waals surface area contributed by atoms with E-state index in [9.17, 15) is 18.0 Å². The number of fused-ring (bicyclic) bond motifs is 2. The molecular weight excluding hydrogens is 470 g/mol. The fourth-order valence-corrected chi connectivity index (χ4v) is 5.55. The first-order valence-corrected chi connectivity index (χ1v) is 12.5. The van der Waals surface area contributed by atoms with Crippen LogP contribution < -0.4 is 20.1 Å². The van der Waals surface area contributed by atoms with Crippen molar-refractivity contribution in [1.29, 1.82) is 0 Å². The van der Waals surface area contributed by atoms with Crippen molar-refractivity contribution in [1.82, 2.24) is 9.88 Å². The number of carbonyl (C=O) groups excluding carboxylic acids is 1. The molecule has 0 saturated heterocycles. The maximum Gasteiger partial charge on any atom is 0.419 e. The molecule has 0 saturated carbocycles. The molecule has 0 bridgehead atoms. The summed E-state index contributed by atoms with van der Waals surface area (Å²) in [4.78, 5) is 24.7. The molecule has 0 spiro atoms. The lowest BCUT2D eigenvalue weighted by Crippen LogP contribution is -2.51. The first kappa shape index (κ1) is 22.7. The number of nitrogens with zero attached hydrogens (tertiary/aromatic N) is 2. The first-order valence-electron chi connectivity index (χ1n) is 11.0. The Bertz CT molecular complexity index is 1560. The molecule has 1 atom stereocenters. The second-order valence-electron chi connectivity index (χ2n) is 8.19. The SMILES string of the molecule is Cn1c(=O)oc2cc(S(=O)(=O)N3C[C@H](C(=O)NCCc4ccccc4)Oc4ccccc43)ccc21. The number of oxazole rings is 1. The van der Waals surface area contributed by atoms with Crippen LogP contribution in [0.3, 0.4) is 0 Å². The number of hydrogen-bond acceptors (Lipinski definition) is 6. The first-order chi connectivity index (χ1) is 16.8. The quantitative estimate of drug-likeness (QED) is 0.442. The van der Waals surface area contributed by atoms with E-state index < -0.39 is 27.8 Å². The Hall–Kier alpha value is -4.05. The Labute approximate surface area is 201 Å². The molecule has 4 aromatic rings. The van der Waals surface area contributed by atoms with Crippen LogP contribution in [0, 0.1) is 0 Å². The highest BCUT2D eigenvalue weighted by atomic mass is 32.2. The number of rotatable bonds is 6. The number of benzene rings is 3. The Balaban J connectivity index is 1.41. The van der Waals surface area contributed by atoms with Crippen molar-refractivity contribution in [3.63, 3.8) is 0 Å². The third-order valence-corrected chi connectivity index (χ3v) is 7.71. The largest absolute Gasteiger partial charge is 0.476 e. The molecule has 0 fully saturated rings. The van der Waals surface area contributed by atoms with E-state index in [1.54, 1.807) is 31.3 Å². The molecule has 3 aromatic carbocycles. The summed E-state index contributed by atoms with van der Waals surface area (Å²) in [5, 5.41) is 2.84. The van der Waals surface area contributed by atoms with Gasteiger partial charge in [0.05, 0.1) is 22.6 Å². The van der Waals surface area contributed by atoms with E-state index in [0.29, 0.717) is 24.2 Å². The zero-order valence-electron chi connectivity index (χ0n) is 18.9. The van der Waals surface area contributed by atoms with E-state index in [-0.39, 0.29) is 22.8 Å². The van der Waals surface area contributed by atoms with Gasteiger partial charge in [-0.1, -0.05) is 42.5 Å². The van der Waals surface area contributed by atoms with Gasteiger partial charge < -0.3 is 14.5 Å². The Morgan fingerprint density at radius 3 is 2.60 bits per heavy atom. The molecule has 1 N–H and O–H groups in total. The van der Waals surface area contributed by atoms with Crippen molar-refractivity contribution < 1.29 is 22.4 Å². The van der Waals surface area contributed by atoms with Crippen LogP contribution in [0.1, 0.15) is 5.56 Å². The molecule has 180 valence electrons. The van der Waals surface area contributed by atoms with Gasteiger partial charge in [0, 0.05) is 19.7 Å². The number of amides is 1. The van der Waals surface area contributed by atoms with Crippen LogP contribution in [-0.2, 0) is 28.3 Å². The molecule has 9 nitrogen and oxygen atoms in total. The van der Waals surface area contributed by atoms with Crippen molar-refractivity contribution in [3.05, 3.63) is 88.9 Å². The summed E-state index contributed by atoms with van der Waals surface area (Å²) < 4.78 is 40.8. The molecule has 35 heavy (non-hydrogen) atoms. The Kier molecular flexibility index (Phi) is 5.81. The summed E-state index contributed by atoms with van der Waals surface area (Å²) >= 11 is 0. The maximum absolute atomic E-state index is 13.7. The zero-order chi connectivity index (χ0) is 24.6. The summed E-state index contributed by atoms with van der Waals surface area (Å²) in [5.41, 5.74) is 2.05. The predicted molar refractivity (Wildman–Crippen MR) is 130 cm³/mol. The zero-order valence-corrected chi connectivity index (χ0v) is 19.7. The third-order valence-electron chi connectivity index (χ3n) is 5.93. The maximum atomic E-state index is 13.7. The molecule has 2 heterocycles. The number of aromatic nitrogens is 1. The van der Waals surface area contributed by atoms with E-state index in [4.69, 9.17) is 9.15 Å². The van der Waals surface area contributed by atoms with Gasteiger partial charge in [0.25, 0.3) is 15.9 Å². The fourth-order valence-electron chi connectivity index (χ4n) is 4.06. The van der Waals surface area contributed by atoms with Gasteiger partial charge in [0.15, 0.2) is 11.7 Å². The summed E-state index contributed by atoms with van der Waals surface area (Å²) in [5.74, 6) is -0.698. The molecule has 5 rings (SSSR count). The van der Waals surface area contributed by atoms with E-state index >= 15 is 0 Å². The number of sulfonamides is 1. The van der Waals surface area contributed by atoms with Gasteiger partial charge in [-0.2, -0.15) is 0 Å². The lowest BCUT2D eigenvalue weighted by atomic mass is 10.1. The predicted octanol–water partition coefficient (Wildman–Crippen LogP) is 2.45. The second kappa shape index (κ2) is 8.95. The van der Waals surface area contributed by atoms with Crippen LogP contribution in [0.25, 0.3) is 11.1 Å². The van der Waals surface area contributed by atoms with Gasteiger partial charge in [-0.25, -0.2) is 13.2 Å². The van der Waals surface area contributed by atoms with Crippen LogP contribution in [0.15, 0.2) is 86.9 Å². The van der Waals surface area contributed by atoms with Crippen LogP contribution in [0.5, 0.6) is 5.75 Å². The molecule has 10 heteroatoms. The fraction of sp³-hybridized carbons (Fsp3) is 0.200. The molecule has 0 aliphatic carbocycles. The average Bonchev–Trinajstić information content (AvgIpc) is 3.16. The highest BCUT2D eigenvalue weighted by Crippen LogP contribution is 2.37. The number of para-hydroxylation sites is 2. The standard InChI is InChI=1S/C25H23N3O6S/c1-27-19-12-11-18(15-22(19)34-25(27)30)35(31,32)28-16-23(33-21-10-6-5-9-20(21)28)24(29)26-14-13-17-7-3-2-4-8-17/h2-12,15,23H,13-14,16H2,1H3,(H,26,29)/t23-/m1/s1. The van der Waals surface area contributed by atoms with Gasteiger partial charge in [0.2, 0.25) is 0 Å². The smallest absolute Gasteiger partial charge is 0.419 e. The number of ether oxygens (including phenoxy) is 1. The van der Waals surface area contributed by atoms with Crippen molar-refractivity contribution >= 4 is 32.7 Å². The number of anilines is 1. The molecule has 1 aromatic heterocycles. The minimum Gasteiger partial charge on any atom is -0.476 e. The van der Waals surface area contributed by atoms with Crippen LogP contribution >= 0.6 is 0 Å². The monoisotopic (exact) mass is 493 g/mol. The lowest BCUT2D eigenvalue weighted by Gasteiger charge is -2.34. The van der Waals surface area contributed by atoms with Crippen molar-refractivity contribution in [3.8, 4) is 5.75 Å². The minimum absolute atomic E-state index is 0.0562. The normalized spacial score (nSPS) is 15.5. The van der Waals surface area contributed by atoms with Crippen LogP contribution in [0.2, 0.25) is 0 Å². The molecule has 1 amide bonds. The highest BCUT2D eigenvalue weighted by molar-refractivity contribution is 7.92. The van der Waals surface area contributed by atoms with Crippen LogP contribution in [-0.4, -0.2) is 38.1 Å². The second-order valence-corrected chi connectivity index (χ2v) is 10.1. The molecular formula is C25H23N3O6S. The highest BCUT2D eigenvalue weighted by Gasteiger charge is 2.37. The lowest BCUT2D eigenvalue weighted by molar-refractivity contribution is -0.127. The third kappa shape index (κ3) is 4.28. The summed E-state index contributed by atoms with van der Waals surface area (Å²) in [7, 11) is -2.56. The minimum atomic E-state index is -4.10. The van der Waals surface area contributed by atoms with E-state index in [0.717, 1.165) is 9.87 Å². The van der Waals surface area contributed by atoms with E-state index in [1.807, 2.05) is 30.3 Å². The van der Waals surface area contributed by atoms with Crippen molar-refractivity contribution in [2.75, 3.05) is 17.4 Å². The average molecular weight is 494 g/mol. The summed E-state index contributed by atoms with van der Waals surface area (Å²) in [6.45, 7) is 0.189. The van der Waals surface area contributed by atoms with E-state index in [1.165, 1.54) is 22.8 Å². The van der Waals surface area contributed by atoms with Gasteiger partial charge >= 0.3 is 5.76 Å². The van der Waals surface area contributed by atoms with Crippen molar-refractivity contribution in [2.24, 2.45) is 7.05 Å². The Morgan fingerprint density at radius 1 is 1.06 bits per heavy atom. The van der Waals surface area contributed by atoms with Crippen LogP contribution in [0.4, 0.5) is 5.69 Å². The van der Waals surface area contributed by atoms with Gasteiger partial charge in [-0.15, -0.1) is 0 Å². The van der Waals surface area contributed by atoms with Gasteiger partial charge in [-0.05, 0) is 36.2 Å². The molecule has 0 unspecified atom stereocenters. The number of nitrogens with one attached hydrogen (secondary N) is 1.